The molecular formula is C11H17F2N. The standard InChI is InChI=1S/C11H17F2N/c1-14-9-8-11(12,13)10-6-4-2-3-5-7-10/h10H,2-9H2. The highest BCUT2D eigenvalue weighted by Gasteiger charge is 2.39. The van der Waals surface area contributed by atoms with Crippen LogP contribution in [0, 0.1) is 12.5 Å². The van der Waals surface area contributed by atoms with Crippen LogP contribution in [0.2, 0.25) is 0 Å². The Morgan fingerprint density at radius 3 is 2.21 bits per heavy atom. The average molecular weight is 201 g/mol. The molecule has 3 heteroatoms. The Balaban J connectivity index is 2.46. The summed E-state index contributed by atoms with van der Waals surface area (Å²) in [5.74, 6) is -3.07. The summed E-state index contributed by atoms with van der Waals surface area (Å²) in [4.78, 5) is 3.01. The Morgan fingerprint density at radius 1 is 1.14 bits per heavy atom. The molecule has 1 nitrogen and oxygen atoms in total. The van der Waals surface area contributed by atoms with Crippen LogP contribution in [-0.2, 0) is 0 Å². The van der Waals surface area contributed by atoms with Crippen molar-refractivity contribution in [3.8, 4) is 0 Å². The van der Waals surface area contributed by atoms with Gasteiger partial charge in [-0.2, -0.15) is 0 Å². The van der Waals surface area contributed by atoms with Gasteiger partial charge in [0.15, 0.2) is 0 Å². The lowest BCUT2D eigenvalue weighted by atomic mass is 9.91. The van der Waals surface area contributed by atoms with Gasteiger partial charge in [-0.1, -0.05) is 25.7 Å². The fourth-order valence-electron chi connectivity index (χ4n) is 2.11. The van der Waals surface area contributed by atoms with Crippen molar-refractivity contribution in [2.45, 2.75) is 50.9 Å². The third kappa shape index (κ3) is 3.25. The second-order valence-corrected chi connectivity index (χ2v) is 4.08. The van der Waals surface area contributed by atoms with Crippen molar-refractivity contribution in [2.24, 2.45) is 5.92 Å². The molecule has 1 saturated carbocycles. The van der Waals surface area contributed by atoms with Crippen molar-refractivity contribution in [1.29, 1.82) is 0 Å². The highest BCUT2D eigenvalue weighted by atomic mass is 19.3. The van der Waals surface area contributed by atoms with Crippen molar-refractivity contribution < 1.29 is 8.78 Å². The van der Waals surface area contributed by atoms with E-state index in [9.17, 15) is 8.78 Å². The van der Waals surface area contributed by atoms with Gasteiger partial charge in [0.05, 0.1) is 6.42 Å². The Kier molecular flexibility index (Phi) is 4.31. The lowest BCUT2D eigenvalue weighted by Crippen LogP contribution is -2.28. The van der Waals surface area contributed by atoms with Crippen LogP contribution in [0.3, 0.4) is 0 Å². The normalized spacial score (nSPS) is 20.1. The molecule has 0 amide bonds. The molecule has 0 radical (unpaired) electrons. The van der Waals surface area contributed by atoms with Crippen molar-refractivity contribution in [3.63, 3.8) is 0 Å². The van der Waals surface area contributed by atoms with Crippen molar-refractivity contribution in [1.82, 2.24) is 0 Å². The fourth-order valence-corrected chi connectivity index (χ4v) is 2.11. The van der Waals surface area contributed by atoms with Gasteiger partial charge in [0.1, 0.15) is 0 Å². The van der Waals surface area contributed by atoms with Gasteiger partial charge in [0.2, 0.25) is 6.54 Å². The molecule has 0 unspecified atom stereocenters. The zero-order valence-electron chi connectivity index (χ0n) is 8.44. The van der Waals surface area contributed by atoms with Gasteiger partial charge in [0, 0.05) is 5.92 Å². The van der Waals surface area contributed by atoms with Crippen LogP contribution >= 0.6 is 0 Å². The quantitative estimate of drug-likeness (QED) is 0.482. The lowest BCUT2D eigenvalue weighted by molar-refractivity contribution is -0.0668. The molecule has 80 valence electrons. The molecule has 1 aliphatic carbocycles. The first-order chi connectivity index (χ1) is 6.67. The van der Waals surface area contributed by atoms with E-state index in [1.165, 1.54) is 0 Å². The van der Waals surface area contributed by atoms with Gasteiger partial charge in [-0.3, -0.25) is 0 Å². The van der Waals surface area contributed by atoms with E-state index in [0.29, 0.717) is 12.8 Å². The van der Waals surface area contributed by atoms with Crippen LogP contribution in [0.1, 0.15) is 44.9 Å². The van der Waals surface area contributed by atoms with Crippen molar-refractivity contribution >= 4 is 0 Å². The Labute approximate surface area is 84.3 Å². The van der Waals surface area contributed by atoms with Crippen LogP contribution < -0.4 is 0 Å². The third-order valence-corrected chi connectivity index (χ3v) is 3.01. The number of rotatable bonds is 3. The van der Waals surface area contributed by atoms with Gasteiger partial charge < -0.3 is 4.85 Å². The summed E-state index contributed by atoms with van der Waals surface area (Å²) in [7, 11) is 0. The predicted octanol–water partition coefficient (Wildman–Crippen LogP) is 3.90. The fraction of sp³-hybridized carbons (Fsp3) is 0.909. The smallest absolute Gasteiger partial charge is 0.258 e. The van der Waals surface area contributed by atoms with E-state index in [2.05, 4.69) is 4.85 Å². The molecule has 0 bridgehead atoms. The summed E-state index contributed by atoms with van der Waals surface area (Å²) in [6.45, 7) is 6.49. The van der Waals surface area contributed by atoms with Crippen LogP contribution in [0.4, 0.5) is 8.78 Å². The first-order valence-corrected chi connectivity index (χ1v) is 5.38. The summed E-state index contributed by atoms with van der Waals surface area (Å²) < 4.78 is 27.1. The molecule has 1 rings (SSSR count). The SMILES string of the molecule is [C-]#[N+]CCC(F)(F)C1CCCCCC1. The second-order valence-electron chi connectivity index (χ2n) is 4.08. The molecule has 0 aromatic rings. The molecule has 1 aliphatic rings. The lowest BCUT2D eigenvalue weighted by Gasteiger charge is -2.24. The largest absolute Gasteiger partial charge is 0.317 e. The molecule has 0 spiro atoms. The highest BCUT2D eigenvalue weighted by molar-refractivity contribution is 4.81. The minimum atomic E-state index is -2.60. The summed E-state index contributed by atoms with van der Waals surface area (Å²) in [5.41, 5.74) is 0. The van der Waals surface area contributed by atoms with E-state index in [-0.39, 0.29) is 13.0 Å². The third-order valence-electron chi connectivity index (χ3n) is 3.01. The number of halogens is 2. The molecule has 0 aliphatic heterocycles. The summed E-state index contributed by atoms with van der Waals surface area (Å²) >= 11 is 0. The summed E-state index contributed by atoms with van der Waals surface area (Å²) in [6, 6.07) is 0. The highest BCUT2D eigenvalue weighted by Crippen LogP contribution is 2.37. The van der Waals surface area contributed by atoms with E-state index in [1.807, 2.05) is 0 Å². The maximum Gasteiger partial charge on any atom is 0.258 e. The van der Waals surface area contributed by atoms with Crippen LogP contribution in [0.25, 0.3) is 4.85 Å². The van der Waals surface area contributed by atoms with E-state index >= 15 is 0 Å². The minimum Gasteiger partial charge on any atom is -0.317 e. The minimum absolute atomic E-state index is 0.0382. The topological polar surface area (TPSA) is 4.36 Å². The predicted molar refractivity (Wildman–Crippen MR) is 52.2 cm³/mol. The van der Waals surface area contributed by atoms with E-state index in [4.69, 9.17) is 6.57 Å². The number of hydrogen-bond donors (Lipinski definition) is 0. The maximum absolute atomic E-state index is 13.5. The Morgan fingerprint density at radius 2 is 1.71 bits per heavy atom. The maximum atomic E-state index is 13.5. The van der Waals surface area contributed by atoms with E-state index < -0.39 is 11.8 Å². The second kappa shape index (κ2) is 5.29. The molecule has 0 aromatic carbocycles. The first kappa shape index (κ1) is 11.4. The zero-order valence-corrected chi connectivity index (χ0v) is 8.44. The molecule has 0 heterocycles. The van der Waals surface area contributed by atoms with E-state index in [0.717, 1.165) is 25.7 Å². The zero-order chi connectivity index (χ0) is 10.4. The van der Waals surface area contributed by atoms with Gasteiger partial charge in [-0.25, -0.2) is 15.4 Å². The van der Waals surface area contributed by atoms with Gasteiger partial charge in [0.25, 0.3) is 5.92 Å². The van der Waals surface area contributed by atoms with Crippen LogP contribution in [0.5, 0.6) is 0 Å². The molecule has 0 atom stereocenters. The van der Waals surface area contributed by atoms with Crippen LogP contribution in [0.15, 0.2) is 0 Å². The molecule has 0 N–H and O–H groups in total. The number of hydrogen-bond acceptors (Lipinski definition) is 0. The monoisotopic (exact) mass is 201 g/mol. The molecule has 1 fully saturated rings. The number of alkyl halides is 2. The molecular weight excluding hydrogens is 184 g/mol. The molecule has 0 saturated heterocycles. The summed E-state index contributed by atoms with van der Waals surface area (Å²) in [6.07, 6.45) is 5.08. The summed E-state index contributed by atoms with van der Waals surface area (Å²) in [5, 5.41) is 0. The Bertz CT molecular complexity index is 200. The number of nitrogens with zero attached hydrogens (tertiary/aromatic N) is 1. The average Bonchev–Trinajstić information content (AvgIpc) is 2.43. The van der Waals surface area contributed by atoms with Gasteiger partial charge in [-0.05, 0) is 12.8 Å². The van der Waals surface area contributed by atoms with Gasteiger partial charge >= 0.3 is 0 Å². The van der Waals surface area contributed by atoms with Gasteiger partial charge in [-0.15, -0.1) is 0 Å². The van der Waals surface area contributed by atoms with Crippen LogP contribution in [-0.4, -0.2) is 12.5 Å². The molecule has 14 heavy (non-hydrogen) atoms. The van der Waals surface area contributed by atoms with Crippen molar-refractivity contribution in [2.75, 3.05) is 6.54 Å². The Hall–Kier alpha value is -0.650. The van der Waals surface area contributed by atoms with E-state index in [1.54, 1.807) is 0 Å². The molecule has 0 aromatic heterocycles. The van der Waals surface area contributed by atoms with Crippen molar-refractivity contribution in [3.05, 3.63) is 11.4 Å². The first-order valence-electron chi connectivity index (χ1n) is 5.38.